The van der Waals surface area contributed by atoms with Gasteiger partial charge in [-0.3, -0.25) is 9.59 Å². The maximum atomic E-state index is 12.9. The van der Waals surface area contributed by atoms with Crippen molar-refractivity contribution in [3.63, 3.8) is 0 Å². The van der Waals surface area contributed by atoms with Gasteiger partial charge >= 0.3 is 0 Å². The molecule has 1 unspecified atom stereocenters. The van der Waals surface area contributed by atoms with Crippen LogP contribution in [0.5, 0.6) is 0 Å². The van der Waals surface area contributed by atoms with Gasteiger partial charge in [-0.1, -0.05) is 19.9 Å². The smallest absolute Gasteiger partial charge is 0.287 e. The summed E-state index contributed by atoms with van der Waals surface area (Å²) in [5.74, 6) is -1.05. The number of fused-ring (bicyclic) bond motifs is 1. The summed E-state index contributed by atoms with van der Waals surface area (Å²) < 4.78 is 41.3. The maximum absolute atomic E-state index is 12.9. The standard InChI is InChI=1S/C18H21N5O5S2/c1-11(2)15(18(25)20-9-8-19-17(24)13-6-4-10-28-13)23-30(26,27)14-7-3-5-12-16(14)22-29-21-12/h3-7,10-11,15,23H,8-9H2,1-2H3,(H,19,24)(H,20,25). The van der Waals surface area contributed by atoms with E-state index in [1.165, 1.54) is 18.4 Å². The second-order valence-electron chi connectivity index (χ2n) is 6.76. The van der Waals surface area contributed by atoms with Crippen molar-refractivity contribution >= 4 is 44.6 Å². The summed E-state index contributed by atoms with van der Waals surface area (Å²) in [6.07, 6.45) is 1.39. The van der Waals surface area contributed by atoms with Crippen molar-refractivity contribution in [2.45, 2.75) is 24.8 Å². The first-order valence-electron chi connectivity index (χ1n) is 9.12. The molecule has 3 rings (SSSR count). The zero-order chi connectivity index (χ0) is 21.7. The summed E-state index contributed by atoms with van der Waals surface area (Å²) in [6.45, 7) is 3.75. The Kier molecular flexibility index (Phi) is 6.80. The fraction of sp³-hybridized carbons (Fsp3) is 0.333. The molecule has 2 aromatic heterocycles. The molecule has 3 aromatic rings. The molecule has 160 valence electrons. The minimum Gasteiger partial charge on any atom is -0.459 e. The number of furan rings is 1. The van der Waals surface area contributed by atoms with Crippen molar-refractivity contribution in [1.29, 1.82) is 0 Å². The predicted octanol–water partition coefficient (Wildman–Crippen LogP) is 1.13. The predicted molar refractivity (Wildman–Crippen MR) is 110 cm³/mol. The van der Waals surface area contributed by atoms with Gasteiger partial charge in [0, 0.05) is 13.1 Å². The summed E-state index contributed by atoms with van der Waals surface area (Å²) in [5, 5.41) is 5.23. The molecule has 3 N–H and O–H groups in total. The number of nitrogens with one attached hydrogen (secondary N) is 3. The zero-order valence-electron chi connectivity index (χ0n) is 16.3. The van der Waals surface area contributed by atoms with Crippen LogP contribution in [0.2, 0.25) is 0 Å². The monoisotopic (exact) mass is 451 g/mol. The highest BCUT2D eigenvalue weighted by Crippen LogP contribution is 2.21. The molecule has 0 bridgehead atoms. The molecule has 0 saturated heterocycles. The van der Waals surface area contributed by atoms with Gasteiger partial charge in [0.15, 0.2) is 5.76 Å². The van der Waals surface area contributed by atoms with Crippen LogP contribution in [0.4, 0.5) is 0 Å². The molecule has 0 aliphatic carbocycles. The Hall–Kier alpha value is -2.83. The Morgan fingerprint density at radius 2 is 1.87 bits per heavy atom. The lowest BCUT2D eigenvalue weighted by molar-refractivity contribution is -0.123. The molecular weight excluding hydrogens is 430 g/mol. The molecule has 10 nitrogen and oxygen atoms in total. The number of rotatable bonds is 9. The number of carbonyl (C=O) groups excluding carboxylic acids is 2. The van der Waals surface area contributed by atoms with Gasteiger partial charge in [-0.15, -0.1) is 0 Å². The average Bonchev–Trinajstić information content (AvgIpc) is 3.40. The summed E-state index contributed by atoms with van der Waals surface area (Å²) >= 11 is 0.917. The van der Waals surface area contributed by atoms with E-state index in [1.807, 2.05) is 0 Å². The number of carbonyl (C=O) groups is 2. The van der Waals surface area contributed by atoms with E-state index in [1.54, 1.807) is 32.0 Å². The molecule has 0 radical (unpaired) electrons. The summed E-state index contributed by atoms with van der Waals surface area (Å²) in [5.41, 5.74) is 0.735. The number of sulfonamides is 1. The lowest BCUT2D eigenvalue weighted by Gasteiger charge is -2.21. The third-order valence-corrected chi connectivity index (χ3v) is 6.24. The Balaban J connectivity index is 1.61. The van der Waals surface area contributed by atoms with E-state index >= 15 is 0 Å². The normalized spacial score (nSPS) is 12.8. The summed E-state index contributed by atoms with van der Waals surface area (Å²) in [6, 6.07) is 6.78. The number of hydrogen-bond donors (Lipinski definition) is 3. The summed E-state index contributed by atoms with van der Waals surface area (Å²) in [4.78, 5) is 24.4. The SMILES string of the molecule is CC(C)C(NS(=O)(=O)c1cccc2nsnc12)C(=O)NCCNC(=O)c1ccco1. The maximum Gasteiger partial charge on any atom is 0.287 e. The molecule has 12 heteroatoms. The first-order valence-corrected chi connectivity index (χ1v) is 11.3. The van der Waals surface area contributed by atoms with Gasteiger partial charge in [-0.2, -0.15) is 13.5 Å². The lowest BCUT2D eigenvalue weighted by Crippen LogP contribution is -2.50. The topological polar surface area (TPSA) is 143 Å². The van der Waals surface area contributed by atoms with Gasteiger partial charge in [0.1, 0.15) is 22.0 Å². The number of aromatic nitrogens is 2. The highest BCUT2D eigenvalue weighted by molar-refractivity contribution is 7.89. The van der Waals surface area contributed by atoms with Gasteiger partial charge in [0.05, 0.1) is 18.0 Å². The molecule has 0 aliphatic heterocycles. The Labute approximate surface area is 177 Å². The number of nitrogens with zero attached hydrogens (tertiary/aromatic N) is 2. The van der Waals surface area contributed by atoms with Gasteiger partial charge in [-0.25, -0.2) is 8.42 Å². The highest BCUT2D eigenvalue weighted by Gasteiger charge is 2.29. The molecule has 1 atom stereocenters. The van der Waals surface area contributed by atoms with E-state index in [4.69, 9.17) is 4.42 Å². The Morgan fingerprint density at radius 1 is 1.10 bits per heavy atom. The van der Waals surface area contributed by atoms with E-state index in [9.17, 15) is 18.0 Å². The van der Waals surface area contributed by atoms with Gasteiger partial charge in [0.2, 0.25) is 15.9 Å². The third-order valence-electron chi connectivity index (χ3n) is 4.22. The Morgan fingerprint density at radius 3 is 2.57 bits per heavy atom. The number of hydrogen-bond acceptors (Lipinski definition) is 8. The molecule has 30 heavy (non-hydrogen) atoms. The number of amides is 2. The minimum absolute atomic E-state index is 0.0297. The second kappa shape index (κ2) is 9.32. The van der Waals surface area contributed by atoms with Crippen LogP contribution in [0.3, 0.4) is 0 Å². The first kappa shape index (κ1) is 21.9. The van der Waals surface area contributed by atoms with Crippen LogP contribution in [0.15, 0.2) is 45.9 Å². The van der Waals surface area contributed by atoms with E-state index in [-0.39, 0.29) is 35.2 Å². The fourth-order valence-corrected chi connectivity index (χ4v) is 4.80. The van der Waals surface area contributed by atoms with Crippen LogP contribution in [0, 0.1) is 5.92 Å². The van der Waals surface area contributed by atoms with Crippen molar-refractivity contribution in [3.8, 4) is 0 Å². The number of benzene rings is 1. The van der Waals surface area contributed by atoms with Crippen LogP contribution >= 0.6 is 11.7 Å². The Bertz CT molecular complexity index is 1130. The molecule has 2 heterocycles. The van der Waals surface area contributed by atoms with Crippen molar-refractivity contribution in [3.05, 3.63) is 42.4 Å². The van der Waals surface area contributed by atoms with Crippen molar-refractivity contribution in [2.24, 2.45) is 5.92 Å². The molecular formula is C18H21N5O5S2. The zero-order valence-corrected chi connectivity index (χ0v) is 17.9. The first-order chi connectivity index (χ1) is 14.3. The minimum atomic E-state index is -4.01. The van der Waals surface area contributed by atoms with Crippen LogP contribution in [-0.2, 0) is 14.8 Å². The second-order valence-corrected chi connectivity index (χ2v) is 8.97. The van der Waals surface area contributed by atoms with Crippen LogP contribution < -0.4 is 15.4 Å². The quantitative estimate of drug-likeness (QED) is 0.414. The van der Waals surface area contributed by atoms with E-state index in [0.717, 1.165) is 11.7 Å². The van der Waals surface area contributed by atoms with Crippen LogP contribution in [0.25, 0.3) is 11.0 Å². The molecule has 2 amide bonds. The van der Waals surface area contributed by atoms with Gasteiger partial charge in [-0.05, 0) is 30.2 Å². The molecule has 1 aromatic carbocycles. The van der Waals surface area contributed by atoms with E-state index < -0.39 is 27.9 Å². The summed E-state index contributed by atoms with van der Waals surface area (Å²) in [7, 11) is -4.01. The van der Waals surface area contributed by atoms with Crippen LogP contribution in [-0.4, -0.2) is 48.1 Å². The van der Waals surface area contributed by atoms with Gasteiger partial charge < -0.3 is 15.1 Å². The third kappa shape index (κ3) is 5.01. The fourth-order valence-electron chi connectivity index (χ4n) is 2.69. The van der Waals surface area contributed by atoms with Crippen LogP contribution in [0.1, 0.15) is 24.4 Å². The van der Waals surface area contributed by atoms with Crippen molar-refractivity contribution in [1.82, 2.24) is 24.1 Å². The van der Waals surface area contributed by atoms with Crippen molar-refractivity contribution < 1.29 is 22.4 Å². The lowest BCUT2D eigenvalue weighted by atomic mass is 10.1. The molecule has 0 saturated carbocycles. The van der Waals surface area contributed by atoms with E-state index in [2.05, 4.69) is 24.1 Å². The highest BCUT2D eigenvalue weighted by atomic mass is 32.2. The van der Waals surface area contributed by atoms with Crippen molar-refractivity contribution in [2.75, 3.05) is 13.1 Å². The molecule has 0 aliphatic rings. The average molecular weight is 452 g/mol. The largest absolute Gasteiger partial charge is 0.459 e. The molecule has 0 spiro atoms. The van der Waals surface area contributed by atoms with Gasteiger partial charge in [0.25, 0.3) is 5.91 Å². The molecule has 0 fully saturated rings. The van der Waals surface area contributed by atoms with E-state index in [0.29, 0.717) is 5.52 Å².